The number of halogens is 1. The number of hydrogen-bond acceptors (Lipinski definition) is 6. The number of methoxy groups -OCH3 is 1. The summed E-state index contributed by atoms with van der Waals surface area (Å²) in [7, 11) is 1.47. The summed E-state index contributed by atoms with van der Waals surface area (Å²) < 4.78 is 29.8. The number of benzene rings is 3. The zero-order valence-electron chi connectivity index (χ0n) is 14.6. The summed E-state index contributed by atoms with van der Waals surface area (Å²) in [5.41, 5.74) is 1.79. The fourth-order valence-corrected chi connectivity index (χ4v) is 3.55. The van der Waals surface area contributed by atoms with Crippen LogP contribution in [0.5, 0.6) is 11.5 Å². The summed E-state index contributed by atoms with van der Waals surface area (Å²) in [6.45, 7) is 0. The van der Waals surface area contributed by atoms with Gasteiger partial charge >= 0.3 is 10.9 Å². The molecule has 0 fully saturated rings. The molecule has 5 nitrogen and oxygen atoms in total. The van der Waals surface area contributed by atoms with Gasteiger partial charge in [0, 0.05) is 11.6 Å². The Labute approximate surface area is 162 Å². The van der Waals surface area contributed by atoms with E-state index in [9.17, 15) is 14.0 Å². The Balaban J connectivity index is 1.78. The topological polar surface area (TPSA) is 65.7 Å². The van der Waals surface area contributed by atoms with E-state index in [-0.39, 0.29) is 17.1 Å². The monoisotopic (exact) mass is 396 g/mol. The van der Waals surface area contributed by atoms with E-state index in [1.807, 2.05) is 0 Å². The molecule has 0 aliphatic carbocycles. The Morgan fingerprint density at radius 2 is 1.82 bits per heavy atom. The van der Waals surface area contributed by atoms with Crippen molar-refractivity contribution in [3.8, 4) is 22.6 Å². The SMILES string of the molecule is COc1ccccc1C(=O)Oc1cc(-c2ccc(F)cc2)c2oc(=O)sc2c1. The summed E-state index contributed by atoms with van der Waals surface area (Å²) in [5.74, 6) is -0.358. The molecule has 0 atom stereocenters. The minimum absolute atomic E-state index is 0.236. The molecule has 0 amide bonds. The number of carbonyl (C=O) groups excluding carboxylic acids is 1. The van der Waals surface area contributed by atoms with Gasteiger partial charge < -0.3 is 13.9 Å². The molecular formula is C21H13FO5S. The molecule has 0 aliphatic heterocycles. The first-order chi connectivity index (χ1) is 13.5. The van der Waals surface area contributed by atoms with Crippen molar-refractivity contribution in [2.45, 2.75) is 0 Å². The second-order valence-electron chi connectivity index (χ2n) is 5.85. The maximum Gasteiger partial charge on any atom is 0.396 e. The first kappa shape index (κ1) is 17.9. The third kappa shape index (κ3) is 3.39. The van der Waals surface area contributed by atoms with Crippen LogP contribution in [0.1, 0.15) is 10.4 Å². The number of carbonyl (C=O) groups is 1. The largest absolute Gasteiger partial charge is 0.496 e. The van der Waals surface area contributed by atoms with E-state index in [0.29, 0.717) is 27.2 Å². The van der Waals surface area contributed by atoms with E-state index in [1.165, 1.54) is 19.2 Å². The lowest BCUT2D eigenvalue weighted by Crippen LogP contribution is -2.10. The first-order valence-electron chi connectivity index (χ1n) is 8.24. The summed E-state index contributed by atoms with van der Waals surface area (Å²) in [4.78, 5) is 23.8. The van der Waals surface area contributed by atoms with Gasteiger partial charge in [-0.1, -0.05) is 35.6 Å². The molecule has 0 bridgehead atoms. The molecule has 28 heavy (non-hydrogen) atoms. The Bertz CT molecular complexity index is 1220. The van der Waals surface area contributed by atoms with E-state index < -0.39 is 10.9 Å². The van der Waals surface area contributed by atoms with E-state index in [1.54, 1.807) is 48.5 Å². The van der Waals surface area contributed by atoms with E-state index >= 15 is 0 Å². The lowest BCUT2D eigenvalue weighted by atomic mass is 10.0. The van der Waals surface area contributed by atoms with Gasteiger partial charge in [-0.15, -0.1) is 0 Å². The van der Waals surface area contributed by atoms with Crippen molar-refractivity contribution >= 4 is 27.6 Å². The van der Waals surface area contributed by atoms with Gasteiger partial charge in [0.1, 0.15) is 22.9 Å². The quantitative estimate of drug-likeness (QED) is 0.363. The molecular weight excluding hydrogens is 383 g/mol. The van der Waals surface area contributed by atoms with Gasteiger partial charge in [0.15, 0.2) is 5.58 Å². The molecule has 7 heteroatoms. The highest BCUT2D eigenvalue weighted by molar-refractivity contribution is 7.16. The summed E-state index contributed by atoms with van der Waals surface area (Å²) in [6.07, 6.45) is 0. The molecule has 3 aromatic carbocycles. The van der Waals surface area contributed by atoms with Gasteiger partial charge in [0.05, 0.1) is 11.8 Å². The van der Waals surface area contributed by atoms with Gasteiger partial charge in [-0.3, -0.25) is 0 Å². The van der Waals surface area contributed by atoms with Gasteiger partial charge in [0.25, 0.3) is 0 Å². The van der Waals surface area contributed by atoms with Crippen LogP contribution in [0.3, 0.4) is 0 Å². The number of fused-ring (bicyclic) bond motifs is 1. The molecule has 1 heterocycles. The van der Waals surface area contributed by atoms with Gasteiger partial charge in [-0.25, -0.2) is 14.0 Å². The third-order valence-corrected chi connectivity index (χ3v) is 4.87. The van der Waals surface area contributed by atoms with Crippen LogP contribution in [0.4, 0.5) is 4.39 Å². The van der Waals surface area contributed by atoms with Crippen molar-refractivity contribution in [3.05, 3.63) is 81.8 Å². The summed E-state index contributed by atoms with van der Waals surface area (Å²) >= 11 is 0.897. The van der Waals surface area contributed by atoms with Gasteiger partial charge in [-0.05, 0) is 35.9 Å². The normalized spacial score (nSPS) is 10.8. The van der Waals surface area contributed by atoms with Crippen molar-refractivity contribution < 1.29 is 23.1 Å². The van der Waals surface area contributed by atoms with Crippen LogP contribution in [-0.4, -0.2) is 13.1 Å². The van der Waals surface area contributed by atoms with Crippen molar-refractivity contribution in [1.29, 1.82) is 0 Å². The molecule has 0 radical (unpaired) electrons. The van der Waals surface area contributed by atoms with E-state index in [0.717, 1.165) is 11.3 Å². The van der Waals surface area contributed by atoms with E-state index in [2.05, 4.69) is 0 Å². The summed E-state index contributed by atoms with van der Waals surface area (Å²) in [6, 6.07) is 15.6. The smallest absolute Gasteiger partial charge is 0.396 e. The number of rotatable bonds is 4. The average Bonchev–Trinajstić information content (AvgIpc) is 3.08. The van der Waals surface area contributed by atoms with Crippen LogP contribution in [0.2, 0.25) is 0 Å². The van der Waals surface area contributed by atoms with E-state index in [4.69, 9.17) is 13.9 Å². The lowest BCUT2D eigenvalue weighted by molar-refractivity contribution is 0.0731. The fraction of sp³-hybridized carbons (Fsp3) is 0.0476. The Kier molecular flexibility index (Phi) is 4.67. The second kappa shape index (κ2) is 7.28. The highest BCUT2D eigenvalue weighted by atomic mass is 32.1. The standard InChI is InChI=1S/C21H13FO5S/c1-25-17-5-3-2-4-15(17)20(23)26-14-10-16(12-6-8-13(22)9-7-12)19-18(11-14)28-21(24)27-19/h2-11H,1H3. The Morgan fingerprint density at radius 1 is 1.07 bits per heavy atom. The Hall–Kier alpha value is -3.45. The predicted molar refractivity (Wildman–Crippen MR) is 104 cm³/mol. The van der Waals surface area contributed by atoms with Crippen LogP contribution in [0.25, 0.3) is 21.4 Å². The fourth-order valence-electron chi connectivity index (χ4n) is 2.83. The van der Waals surface area contributed by atoms with Crippen molar-refractivity contribution in [3.63, 3.8) is 0 Å². The molecule has 4 aromatic rings. The third-order valence-electron chi connectivity index (χ3n) is 4.10. The average molecular weight is 396 g/mol. The summed E-state index contributed by atoms with van der Waals surface area (Å²) in [5, 5.41) is 0. The Morgan fingerprint density at radius 3 is 2.57 bits per heavy atom. The number of para-hydroxylation sites is 1. The van der Waals surface area contributed by atoms with Crippen molar-refractivity contribution in [2.24, 2.45) is 0 Å². The van der Waals surface area contributed by atoms with Crippen molar-refractivity contribution in [2.75, 3.05) is 7.11 Å². The molecule has 0 unspecified atom stereocenters. The molecule has 140 valence electrons. The highest BCUT2D eigenvalue weighted by Gasteiger charge is 2.18. The lowest BCUT2D eigenvalue weighted by Gasteiger charge is -2.10. The minimum atomic E-state index is -0.599. The maximum absolute atomic E-state index is 13.3. The molecule has 0 saturated heterocycles. The van der Waals surface area contributed by atoms with Gasteiger partial charge in [-0.2, -0.15) is 0 Å². The molecule has 0 aliphatic rings. The maximum atomic E-state index is 13.3. The highest BCUT2D eigenvalue weighted by Crippen LogP contribution is 2.35. The van der Waals surface area contributed by atoms with Crippen LogP contribution < -0.4 is 14.4 Å². The molecule has 0 saturated carbocycles. The molecule has 0 N–H and O–H groups in total. The van der Waals surface area contributed by atoms with Crippen LogP contribution in [0, 0.1) is 5.82 Å². The molecule has 1 aromatic heterocycles. The van der Waals surface area contributed by atoms with Gasteiger partial charge in [0.2, 0.25) is 0 Å². The number of esters is 1. The zero-order chi connectivity index (χ0) is 19.7. The molecule has 0 spiro atoms. The second-order valence-corrected chi connectivity index (χ2v) is 6.83. The minimum Gasteiger partial charge on any atom is -0.496 e. The number of ether oxygens (including phenoxy) is 2. The molecule has 4 rings (SSSR count). The predicted octanol–water partition coefficient (Wildman–Crippen LogP) is 4.89. The first-order valence-corrected chi connectivity index (χ1v) is 9.05. The van der Waals surface area contributed by atoms with Crippen LogP contribution in [-0.2, 0) is 0 Å². The van der Waals surface area contributed by atoms with Crippen LogP contribution in [0.15, 0.2) is 69.9 Å². The van der Waals surface area contributed by atoms with Crippen LogP contribution >= 0.6 is 11.3 Å². The number of hydrogen-bond donors (Lipinski definition) is 0. The van der Waals surface area contributed by atoms with Crippen molar-refractivity contribution in [1.82, 2.24) is 0 Å². The zero-order valence-corrected chi connectivity index (χ0v) is 15.4.